The van der Waals surface area contributed by atoms with Gasteiger partial charge in [0.1, 0.15) is 12.4 Å². The van der Waals surface area contributed by atoms with Gasteiger partial charge in [-0.3, -0.25) is 14.4 Å². The molecule has 170 valence electrons. The van der Waals surface area contributed by atoms with E-state index in [0.29, 0.717) is 39.9 Å². The Labute approximate surface area is 197 Å². The number of halogens is 1. The quantitative estimate of drug-likeness (QED) is 0.573. The Hall–Kier alpha value is -3.38. The third-order valence-electron chi connectivity index (χ3n) is 5.43. The molecule has 0 radical (unpaired) electrons. The molecule has 8 nitrogen and oxygen atoms in total. The highest BCUT2D eigenvalue weighted by atomic mass is 35.5. The van der Waals surface area contributed by atoms with Gasteiger partial charge in [-0.25, -0.2) is 0 Å². The number of nitrogens with zero attached hydrogens (tertiary/aromatic N) is 4. The van der Waals surface area contributed by atoms with Gasteiger partial charge in [0, 0.05) is 43.5 Å². The Morgan fingerprint density at radius 3 is 2.67 bits per heavy atom. The number of rotatable bonds is 7. The lowest BCUT2D eigenvalue weighted by molar-refractivity contribution is 0.0323. The van der Waals surface area contributed by atoms with Gasteiger partial charge in [0.2, 0.25) is 0 Å². The van der Waals surface area contributed by atoms with Crippen LogP contribution in [0.4, 0.5) is 5.69 Å². The van der Waals surface area contributed by atoms with E-state index in [2.05, 4.69) is 15.3 Å². The molecule has 1 N–H and O–H groups in total. The number of aromatic nitrogens is 2. The third-order valence-corrected chi connectivity index (χ3v) is 5.71. The van der Waals surface area contributed by atoms with Crippen LogP contribution in [0.2, 0.25) is 5.02 Å². The lowest BCUT2D eigenvalue weighted by Crippen LogP contribution is -2.38. The molecule has 33 heavy (non-hydrogen) atoms. The number of carbonyl (C=O) groups is 1. The summed E-state index contributed by atoms with van der Waals surface area (Å²) in [6.07, 6.45) is 1.58. The van der Waals surface area contributed by atoms with Gasteiger partial charge < -0.3 is 14.8 Å². The van der Waals surface area contributed by atoms with E-state index in [1.807, 2.05) is 18.2 Å². The van der Waals surface area contributed by atoms with Gasteiger partial charge in [0.15, 0.2) is 0 Å². The first kappa shape index (κ1) is 22.8. The van der Waals surface area contributed by atoms with Crippen molar-refractivity contribution in [3.63, 3.8) is 0 Å². The van der Waals surface area contributed by atoms with Crippen molar-refractivity contribution in [2.45, 2.75) is 0 Å². The van der Waals surface area contributed by atoms with Crippen molar-refractivity contribution in [3.8, 4) is 23.1 Å². The van der Waals surface area contributed by atoms with Crippen molar-refractivity contribution < 1.29 is 14.3 Å². The Balaban J connectivity index is 1.54. The summed E-state index contributed by atoms with van der Waals surface area (Å²) in [5, 5.41) is 16.6. The highest BCUT2D eigenvalue weighted by Gasteiger charge is 2.17. The number of morpholine rings is 1. The lowest BCUT2D eigenvalue weighted by atomic mass is 10.1. The van der Waals surface area contributed by atoms with Crippen LogP contribution in [0, 0.1) is 11.3 Å². The zero-order valence-corrected chi connectivity index (χ0v) is 19.0. The van der Waals surface area contributed by atoms with E-state index in [1.54, 1.807) is 48.3 Å². The molecule has 1 saturated heterocycles. The molecule has 1 aliphatic heterocycles. The van der Waals surface area contributed by atoms with E-state index in [-0.39, 0.29) is 5.91 Å². The van der Waals surface area contributed by atoms with Crippen molar-refractivity contribution in [2.75, 3.05) is 44.8 Å². The SMILES string of the molecule is Cn1ncc(Cl)c1-c1cc(NC(=O)c2ccc(C#N)cc2)ccc1OCCN1CCOCC1. The Morgan fingerprint density at radius 1 is 1.24 bits per heavy atom. The van der Waals surface area contributed by atoms with Crippen LogP contribution in [0.3, 0.4) is 0 Å². The third kappa shape index (κ3) is 5.52. The highest BCUT2D eigenvalue weighted by molar-refractivity contribution is 6.33. The van der Waals surface area contributed by atoms with Crippen LogP contribution in [0.1, 0.15) is 15.9 Å². The molecule has 1 amide bonds. The number of hydrogen-bond acceptors (Lipinski definition) is 6. The van der Waals surface area contributed by atoms with Gasteiger partial charge >= 0.3 is 0 Å². The molecular weight excluding hydrogens is 442 g/mol. The monoisotopic (exact) mass is 465 g/mol. The maximum Gasteiger partial charge on any atom is 0.255 e. The summed E-state index contributed by atoms with van der Waals surface area (Å²) in [5.74, 6) is 0.382. The molecule has 0 unspecified atom stereocenters. The minimum Gasteiger partial charge on any atom is -0.492 e. The standard InChI is InChI=1S/C24H24ClN5O3/c1-29-23(21(25)16-27-29)20-14-19(28-24(31)18-4-2-17(15-26)3-5-18)6-7-22(20)33-13-10-30-8-11-32-12-9-30/h2-7,14,16H,8-13H2,1H3,(H,28,31). The number of anilines is 1. The number of aryl methyl sites for hydroxylation is 1. The summed E-state index contributed by atoms with van der Waals surface area (Å²) in [6, 6.07) is 14.0. The molecule has 1 aromatic heterocycles. The van der Waals surface area contributed by atoms with Gasteiger partial charge in [0.25, 0.3) is 5.91 Å². The molecule has 0 aliphatic carbocycles. The van der Waals surface area contributed by atoms with E-state index < -0.39 is 0 Å². The molecule has 3 aromatic rings. The molecule has 0 bridgehead atoms. The lowest BCUT2D eigenvalue weighted by Gasteiger charge is -2.26. The average Bonchev–Trinajstić information content (AvgIpc) is 3.18. The molecule has 1 aliphatic rings. The summed E-state index contributed by atoms with van der Waals surface area (Å²) in [5.41, 5.74) is 2.99. The van der Waals surface area contributed by atoms with Gasteiger partial charge in [-0.05, 0) is 42.5 Å². The fourth-order valence-corrected chi connectivity index (χ4v) is 3.91. The van der Waals surface area contributed by atoms with Crippen molar-refractivity contribution in [2.24, 2.45) is 7.05 Å². The molecule has 0 atom stereocenters. The number of nitrogens with one attached hydrogen (secondary N) is 1. The van der Waals surface area contributed by atoms with E-state index in [9.17, 15) is 4.79 Å². The van der Waals surface area contributed by atoms with Crippen LogP contribution in [-0.4, -0.2) is 60.0 Å². The fourth-order valence-electron chi connectivity index (χ4n) is 3.64. The minimum atomic E-state index is -0.275. The second-order valence-electron chi connectivity index (χ2n) is 7.62. The number of carbonyl (C=O) groups excluding carboxylic acids is 1. The molecule has 2 heterocycles. The Kier molecular flexibility index (Phi) is 7.25. The number of benzene rings is 2. The van der Waals surface area contributed by atoms with Crippen molar-refractivity contribution in [1.82, 2.24) is 14.7 Å². The molecule has 0 saturated carbocycles. The molecule has 1 fully saturated rings. The topological polar surface area (TPSA) is 92.4 Å². The molecule has 9 heteroatoms. The van der Waals surface area contributed by atoms with E-state index >= 15 is 0 Å². The second-order valence-corrected chi connectivity index (χ2v) is 8.03. The summed E-state index contributed by atoms with van der Waals surface area (Å²) < 4.78 is 13.2. The van der Waals surface area contributed by atoms with Crippen LogP contribution in [0.5, 0.6) is 5.75 Å². The van der Waals surface area contributed by atoms with E-state index in [1.165, 1.54) is 0 Å². The van der Waals surface area contributed by atoms with Gasteiger partial charge in [-0.2, -0.15) is 10.4 Å². The Bertz CT molecular complexity index is 1140. The zero-order valence-electron chi connectivity index (χ0n) is 18.3. The molecule has 4 rings (SSSR count). The van der Waals surface area contributed by atoms with Gasteiger partial charge in [0.05, 0.1) is 41.8 Å². The second kappa shape index (κ2) is 10.5. The predicted molar refractivity (Wildman–Crippen MR) is 126 cm³/mol. The van der Waals surface area contributed by atoms with Crippen LogP contribution in [0.15, 0.2) is 48.7 Å². The van der Waals surface area contributed by atoms with Crippen LogP contribution < -0.4 is 10.1 Å². The summed E-state index contributed by atoms with van der Waals surface area (Å²) in [6.45, 7) is 4.57. The number of ether oxygens (including phenoxy) is 2. The largest absolute Gasteiger partial charge is 0.492 e. The smallest absolute Gasteiger partial charge is 0.255 e. The van der Waals surface area contributed by atoms with Crippen LogP contribution >= 0.6 is 11.6 Å². The number of nitriles is 1. The molecule has 2 aromatic carbocycles. The summed E-state index contributed by atoms with van der Waals surface area (Å²) in [7, 11) is 1.81. The van der Waals surface area contributed by atoms with Crippen molar-refractivity contribution in [1.29, 1.82) is 5.26 Å². The molecule has 0 spiro atoms. The van der Waals surface area contributed by atoms with Gasteiger partial charge in [-0.1, -0.05) is 11.6 Å². The van der Waals surface area contributed by atoms with E-state index in [0.717, 1.165) is 38.4 Å². The number of amides is 1. The first-order valence-corrected chi connectivity index (χ1v) is 11.0. The van der Waals surface area contributed by atoms with E-state index in [4.69, 9.17) is 26.3 Å². The normalized spacial score (nSPS) is 14.0. The Morgan fingerprint density at radius 2 is 2.00 bits per heavy atom. The summed E-state index contributed by atoms with van der Waals surface area (Å²) >= 11 is 6.42. The van der Waals surface area contributed by atoms with Crippen molar-refractivity contribution >= 4 is 23.2 Å². The maximum absolute atomic E-state index is 12.7. The molecular formula is C24H24ClN5O3. The zero-order chi connectivity index (χ0) is 23.2. The van der Waals surface area contributed by atoms with Crippen molar-refractivity contribution in [3.05, 3.63) is 64.8 Å². The first-order valence-electron chi connectivity index (χ1n) is 10.6. The first-order chi connectivity index (χ1) is 16.0. The highest BCUT2D eigenvalue weighted by Crippen LogP contribution is 2.36. The number of hydrogen-bond donors (Lipinski definition) is 1. The average molecular weight is 466 g/mol. The summed E-state index contributed by atoms with van der Waals surface area (Å²) in [4.78, 5) is 15.0. The predicted octanol–water partition coefficient (Wildman–Crippen LogP) is 3.58. The van der Waals surface area contributed by atoms with Gasteiger partial charge in [-0.15, -0.1) is 0 Å². The van der Waals surface area contributed by atoms with Crippen LogP contribution in [0.25, 0.3) is 11.3 Å². The van der Waals surface area contributed by atoms with Crippen LogP contribution in [-0.2, 0) is 11.8 Å². The maximum atomic E-state index is 12.7. The fraction of sp³-hybridized carbons (Fsp3) is 0.292. The minimum absolute atomic E-state index is 0.275.